The molecule has 1 aromatic carbocycles. The van der Waals surface area contributed by atoms with Crippen molar-refractivity contribution < 1.29 is 13.9 Å². The van der Waals surface area contributed by atoms with Crippen LogP contribution >= 0.6 is 15.9 Å². The summed E-state index contributed by atoms with van der Waals surface area (Å²) in [6.07, 6.45) is -0.103. The van der Waals surface area contributed by atoms with Crippen molar-refractivity contribution in [3.05, 3.63) is 33.5 Å². The van der Waals surface area contributed by atoms with Crippen molar-refractivity contribution in [1.29, 1.82) is 0 Å². The molecule has 1 aromatic rings. The summed E-state index contributed by atoms with van der Waals surface area (Å²) < 4.78 is 20.0. The molecule has 0 bridgehead atoms. The number of nitrogens with one attached hydrogen (secondary N) is 1. The maximum atomic E-state index is 13.9. The van der Waals surface area contributed by atoms with E-state index in [9.17, 15) is 9.18 Å². The average Bonchev–Trinajstić information content (AvgIpc) is 2.63. The van der Waals surface area contributed by atoms with Crippen LogP contribution in [0.5, 0.6) is 0 Å². The van der Waals surface area contributed by atoms with Gasteiger partial charge in [0, 0.05) is 6.42 Å². The van der Waals surface area contributed by atoms with Crippen molar-refractivity contribution in [1.82, 2.24) is 5.32 Å². The fourth-order valence-electron chi connectivity index (χ4n) is 2.52. The van der Waals surface area contributed by atoms with Gasteiger partial charge in [-0.1, -0.05) is 6.07 Å². The van der Waals surface area contributed by atoms with Crippen LogP contribution in [-0.2, 0) is 16.0 Å². The van der Waals surface area contributed by atoms with Crippen LogP contribution in [0.4, 0.5) is 4.39 Å². The highest BCUT2D eigenvalue weighted by Gasteiger charge is 2.42. The second-order valence-corrected chi connectivity index (χ2v) is 5.29. The maximum Gasteiger partial charge on any atom is 0.249 e. The molecule has 90 valence electrons. The van der Waals surface area contributed by atoms with Crippen molar-refractivity contribution >= 4 is 21.8 Å². The number of ether oxygens (including phenoxy) is 1. The molecule has 3 nitrogen and oxygen atoms in total. The second kappa shape index (κ2) is 3.78. The molecule has 3 atom stereocenters. The van der Waals surface area contributed by atoms with Gasteiger partial charge in [0.1, 0.15) is 11.9 Å². The molecule has 2 aliphatic rings. The first-order chi connectivity index (χ1) is 8.08. The molecule has 1 heterocycles. The Morgan fingerprint density at radius 2 is 2.29 bits per heavy atom. The van der Waals surface area contributed by atoms with Gasteiger partial charge in [-0.05, 0) is 40.0 Å². The predicted octanol–water partition coefficient (Wildman–Crippen LogP) is 2.09. The Bertz CT molecular complexity index is 506. The number of hydrogen-bond acceptors (Lipinski definition) is 2. The van der Waals surface area contributed by atoms with E-state index in [1.165, 1.54) is 0 Å². The highest BCUT2D eigenvalue weighted by Crippen LogP contribution is 2.39. The Kier molecular flexibility index (Phi) is 2.48. The molecule has 0 aromatic heterocycles. The fraction of sp³-hybridized carbons (Fsp3) is 0.417. The first kappa shape index (κ1) is 11.2. The van der Waals surface area contributed by atoms with Crippen LogP contribution in [0.1, 0.15) is 24.1 Å². The number of carbonyl (C=O) groups is 1. The SMILES string of the molecule is C[C@H]1O[C@@H]2Cc3c(ccc(Br)c3F)[C@@H]2NC1=O. The molecular formula is C12H11BrFNO2. The summed E-state index contributed by atoms with van der Waals surface area (Å²) in [6, 6.07) is 3.30. The molecule has 0 saturated carbocycles. The van der Waals surface area contributed by atoms with Crippen molar-refractivity contribution in [2.24, 2.45) is 0 Å². The third-order valence-corrected chi connectivity index (χ3v) is 4.00. The van der Waals surface area contributed by atoms with Crippen molar-refractivity contribution in [3.8, 4) is 0 Å². The molecule has 1 amide bonds. The van der Waals surface area contributed by atoms with E-state index in [1.54, 1.807) is 13.0 Å². The third kappa shape index (κ3) is 1.60. The number of amides is 1. The first-order valence-corrected chi connectivity index (χ1v) is 6.30. The second-order valence-electron chi connectivity index (χ2n) is 4.44. The van der Waals surface area contributed by atoms with E-state index in [0.717, 1.165) is 5.56 Å². The molecule has 3 rings (SSSR count). The largest absolute Gasteiger partial charge is 0.363 e. The lowest BCUT2D eigenvalue weighted by Crippen LogP contribution is -2.48. The number of fused-ring (bicyclic) bond motifs is 3. The molecule has 17 heavy (non-hydrogen) atoms. The Labute approximate surface area is 106 Å². The standard InChI is InChI=1S/C12H11BrFNO2/c1-5-12(16)15-11-6-2-3-8(13)10(14)7(6)4-9(11)17-5/h2-3,5,9,11H,4H2,1H3,(H,15,16)/t5-,9-,11+/m1/s1. The number of rotatable bonds is 0. The molecule has 0 radical (unpaired) electrons. The van der Waals surface area contributed by atoms with Gasteiger partial charge in [0.2, 0.25) is 5.91 Å². The summed E-state index contributed by atoms with van der Waals surface area (Å²) in [5.74, 6) is -0.384. The smallest absolute Gasteiger partial charge is 0.249 e. The molecule has 1 fully saturated rings. The van der Waals surface area contributed by atoms with Crippen LogP contribution in [-0.4, -0.2) is 18.1 Å². The van der Waals surface area contributed by atoms with Gasteiger partial charge in [-0.3, -0.25) is 4.79 Å². The van der Waals surface area contributed by atoms with Gasteiger partial charge in [-0.2, -0.15) is 0 Å². The van der Waals surface area contributed by atoms with E-state index in [1.807, 2.05) is 6.07 Å². The Hall–Kier alpha value is -0.940. The summed E-state index contributed by atoms with van der Waals surface area (Å²) in [4.78, 5) is 11.6. The summed E-state index contributed by atoms with van der Waals surface area (Å²) >= 11 is 3.17. The van der Waals surface area contributed by atoms with E-state index in [-0.39, 0.29) is 23.9 Å². The van der Waals surface area contributed by atoms with Crippen molar-refractivity contribution in [2.45, 2.75) is 31.6 Å². The van der Waals surface area contributed by atoms with Gasteiger partial charge in [0.25, 0.3) is 0 Å². The molecule has 1 saturated heterocycles. The van der Waals surface area contributed by atoms with E-state index in [0.29, 0.717) is 16.5 Å². The average molecular weight is 300 g/mol. The minimum Gasteiger partial charge on any atom is -0.363 e. The highest BCUT2D eigenvalue weighted by atomic mass is 79.9. The van der Waals surface area contributed by atoms with E-state index >= 15 is 0 Å². The van der Waals surface area contributed by atoms with Crippen LogP contribution in [0.25, 0.3) is 0 Å². The van der Waals surface area contributed by atoms with Gasteiger partial charge in [-0.15, -0.1) is 0 Å². The van der Waals surface area contributed by atoms with Crippen LogP contribution in [0.15, 0.2) is 16.6 Å². The summed E-state index contributed by atoms with van der Waals surface area (Å²) in [7, 11) is 0. The summed E-state index contributed by atoms with van der Waals surface area (Å²) in [5.41, 5.74) is 1.47. The maximum absolute atomic E-state index is 13.9. The van der Waals surface area contributed by atoms with Crippen LogP contribution < -0.4 is 5.32 Å². The zero-order valence-corrected chi connectivity index (χ0v) is 10.8. The Morgan fingerprint density at radius 3 is 3.06 bits per heavy atom. The van der Waals surface area contributed by atoms with E-state index < -0.39 is 6.10 Å². The lowest BCUT2D eigenvalue weighted by atomic mass is 10.1. The van der Waals surface area contributed by atoms with Gasteiger partial charge < -0.3 is 10.1 Å². The van der Waals surface area contributed by atoms with Gasteiger partial charge in [0.05, 0.1) is 16.6 Å². The quantitative estimate of drug-likeness (QED) is 0.797. The highest BCUT2D eigenvalue weighted by molar-refractivity contribution is 9.10. The lowest BCUT2D eigenvalue weighted by molar-refractivity contribution is -0.146. The van der Waals surface area contributed by atoms with Gasteiger partial charge in [-0.25, -0.2) is 4.39 Å². The van der Waals surface area contributed by atoms with E-state index in [4.69, 9.17) is 4.74 Å². The van der Waals surface area contributed by atoms with Crippen LogP contribution in [0.3, 0.4) is 0 Å². The van der Waals surface area contributed by atoms with Crippen molar-refractivity contribution in [3.63, 3.8) is 0 Å². The monoisotopic (exact) mass is 299 g/mol. The summed E-state index contributed by atoms with van der Waals surface area (Å²) in [6.45, 7) is 1.71. The third-order valence-electron chi connectivity index (χ3n) is 3.39. The van der Waals surface area contributed by atoms with Crippen LogP contribution in [0.2, 0.25) is 0 Å². The number of hydrogen-bond donors (Lipinski definition) is 1. The molecule has 0 spiro atoms. The number of carbonyl (C=O) groups excluding carboxylic acids is 1. The Balaban J connectivity index is 2.03. The predicted molar refractivity (Wildman–Crippen MR) is 63.0 cm³/mol. The topological polar surface area (TPSA) is 38.3 Å². The Morgan fingerprint density at radius 1 is 1.53 bits per heavy atom. The number of morpholine rings is 1. The van der Waals surface area contributed by atoms with E-state index in [2.05, 4.69) is 21.2 Å². The zero-order valence-electron chi connectivity index (χ0n) is 9.17. The van der Waals surface area contributed by atoms with Crippen LogP contribution in [0, 0.1) is 5.82 Å². The normalized spacial score (nSPS) is 30.8. The molecule has 0 unspecified atom stereocenters. The number of benzene rings is 1. The minimum atomic E-state index is -0.461. The van der Waals surface area contributed by atoms with Crippen molar-refractivity contribution in [2.75, 3.05) is 0 Å². The number of halogens is 2. The van der Waals surface area contributed by atoms with Gasteiger partial charge in [0.15, 0.2) is 0 Å². The van der Waals surface area contributed by atoms with Gasteiger partial charge >= 0.3 is 0 Å². The summed E-state index contributed by atoms with van der Waals surface area (Å²) in [5, 5.41) is 2.89. The minimum absolute atomic E-state index is 0.137. The zero-order chi connectivity index (χ0) is 12.2. The molecular weight excluding hydrogens is 289 g/mol. The molecule has 5 heteroatoms. The first-order valence-electron chi connectivity index (χ1n) is 5.50. The molecule has 1 aliphatic carbocycles. The molecule has 1 N–H and O–H groups in total. The fourth-order valence-corrected chi connectivity index (χ4v) is 2.89. The molecule has 1 aliphatic heterocycles. The lowest BCUT2D eigenvalue weighted by Gasteiger charge is -2.31.